The van der Waals surface area contributed by atoms with Crippen molar-refractivity contribution in [2.45, 2.75) is 37.3 Å². The molecular weight excluding hydrogens is 348 g/mol. The summed E-state index contributed by atoms with van der Waals surface area (Å²) in [6.07, 6.45) is 3.47. The lowest BCUT2D eigenvalue weighted by atomic mass is 10.0. The number of amides is 1. The fourth-order valence-electron chi connectivity index (χ4n) is 4.51. The molecule has 146 valence electrons. The number of benzene rings is 1. The van der Waals surface area contributed by atoms with E-state index in [0.29, 0.717) is 33.1 Å². The average Bonchev–Trinajstić information content (AvgIpc) is 3.12. The number of hydrogen-bond donors (Lipinski definition) is 0. The van der Waals surface area contributed by atoms with Crippen molar-refractivity contribution in [2.75, 3.05) is 51.1 Å². The van der Waals surface area contributed by atoms with Crippen molar-refractivity contribution in [2.24, 2.45) is 0 Å². The Morgan fingerprint density at radius 3 is 2.26 bits per heavy atom. The maximum Gasteiger partial charge on any atom is 0.293 e. The zero-order valence-corrected chi connectivity index (χ0v) is 15.5. The molecule has 0 saturated carbocycles. The van der Waals surface area contributed by atoms with Gasteiger partial charge in [0.25, 0.3) is 11.7 Å². The highest BCUT2D eigenvalue weighted by atomic mass is 16.7. The van der Waals surface area contributed by atoms with Crippen molar-refractivity contribution in [3.05, 3.63) is 29.8 Å². The molecular formula is C20H26N2O5. The smallest absolute Gasteiger partial charge is 0.293 e. The molecule has 0 unspecified atom stereocenters. The number of anilines is 1. The Morgan fingerprint density at radius 1 is 0.889 bits per heavy atom. The Morgan fingerprint density at radius 2 is 1.56 bits per heavy atom. The van der Waals surface area contributed by atoms with E-state index in [9.17, 15) is 4.79 Å². The highest BCUT2D eigenvalue weighted by Gasteiger charge is 2.54. The number of para-hydroxylation sites is 1. The number of rotatable bonds is 2. The van der Waals surface area contributed by atoms with Gasteiger partial charge < -0.3 is 18.9 Å². The molecule has 0 aromatic heterocycles. The quantitative estimate of drug-likeness (QED) is 0.787. The lowest BCUT2D eigenvalue weighted by molar-refractivity contribution is -0.223. The third kappa shape index (κ3) is 2.89. The third-order valence-corrected chi connectivity index (χ3v) is 6.00. The SMILES string of the molecule is O=C1N(CN2CCC3(CC2)OCCO3)c2ccccc2C12OCCCCO2. The van der Waals surface area contributed by atoms with E-state index in [4.69, 9.17) is 18.9 Å². The first-order chi connectivity index (χ1) is 13.2. The van der Waals surface area contributed by atoms with Crippen molar-refractivity contribution in [1.29, 1.82) is 0 Å². The lowest BCUT2D eigenvalue weighted by Gasteiger charge is -2.39. The van der Waals surface area contributed by atoms with Gasteiger partial charge in [-0.05, 0) is 18.9 Å². The number of nitrogens with zero attached hydrogens (tertiary/aromatic N) is 2. The van der Waals surface area contributed by atoms with Crippen LogP contribution in [0.3, 0.4) is 0 Å². The van der Waals surface area contributed by atoms with Crippen LogP contribution in [0.2, 0.25) is 0 Å². The van der Waals surface area contributed by atoms with Gasteiger partial charge in [0.05, 0.1) is 38.8 Å². The van der Waals surface area contributed by atoms with E-state index >= 15 is 0 Å². The fourth-order valence-corrected chi connectivity index (χ4v) is 4.51. The van der Waals surface area contributed by atoms with Gasteiger partial charge in [-0.25, -0.2) is 0 Å². The standard InChI is InChI=1S/C20H26N2O5/c23-18-20(26-11-3-4-12-27-20)16-5-1-2-6-17(16)22(18)15-21-9-7-19(8-10-21)24-13-14-25-19/h1-2,5-6H,3-4,7-15H2. The predicted octanol–water partition coefficient (Wildman–Crippen LogP) is 1.81. The number of likely N-dealkylation sites (tertiary alicyclic amines) is 1. The molecule has 4 aliphatic heterocycles. The number of carbonyl (C=O) groups excluding carboxylic acids is 1. The first-order valence-electron chi connectivity index (χ1n) is 9.92. The summed E-state index contributed by atoms with van der Waals surface area (Å²) in [5.74, 6) is -1.79. The van der Waals surface area contributed by atoms with Gasteiger partial charge in [0.2, 0.25) is 0 Å². The molecule has 4 heterocycles. The van der Waals surface area contributed by atoms with Gasteiger partial charge in [-0.15, -0.1) is 0 Å². The number of carbonyl (C=O) groups is 1. The minimum Gasteiger partial charge on any atom is -0.347 e. The summed E-state index contributed by atoms with van der Waals surface area (Å²) in [5.41, 5.74) is 1.71. The van der Waals surface area contributed by atoms with Gasteiger partial charge >= 0.3 is 0 Å². The van der Waals surface area contributed by atoms with Crippen LogP contribution in [0.1, 0.15) is 31.2 Å². The van der Waals surface area contributed by atoms with E-state index in [2.05, 4.69) is 4.90 Å². The zero-order valence-electron chi connectivity index (χ0n) is 15.5. The van der Waals surface area contributed by atoms with Gasteiger partial charge in [0.15, 0.2) is 5.79 Å². The molecule has 0 atom stereocenters. The van der Waals surface area contributed by atoms with Crippen LogP contribution in [0.4, 0.5) is 5.69 Å². The zero-order chi connectivity index (χ0) is 18.3. The van der Waals surface area contributed by atoms with Crippen molar-refractivity contribution in [3.8, 4) is 0 Å². The maximum atomic E-state index is 13.4. The van der Waals surface area contributed by atoms with E-state index in [1.165, 1.54) is 0 Å². The van der Waals surface area contributed by atoms with Crippen LogP contribution in [0.15, 0.2) is 24.3 Å². The number of hydrogen-bond acceptors (Lipinski definition) is 6. The summed E-state index contributed by atoms with van der Waals surface area (Å²) in [7, 11) is 0. The Kier molecular flexibility index (Phi) is 4.44. The molecule has 1 aromatic carbocycles. The Bertz CT molecular complexity index is 700. The first kappa shape index (κ1) is 17.6. The summed E-state index contributed by atoms with van der Waals surface area (Å²) < 4.78 is 23.7. The monoisotopic (exact) mass is 374 g/mol. The average molecular weight is 374 g/mol. The lowest BCUT2D eigenvalue weighted by Crippen LogP contribution is -2.51. The fraction of sp³-hybridized carbons (Fsp3) is 0.650. The van der Waals surface area contributed by atoms with Crippen LogP contribution in [-0.4, -0.2) is 62.8 Å². The van der Waals surface area contributed by atoms with E-state index < -0.39 is 11.6 Å². The Labute approximate surface area is 159 Å². The van der Waals surface area contributed by atoms with Crippen LogP contribution in [0, 0.1) is 0 Å². The van der Waals surface area contributed by atoms with E-state index in [-0.39, 0.29) is 5.91 Å². The molecule has 0 N–H and O–H groups in total. The molecule has 0 aliphatic carbocycles. The van der Waals surface area contributed by atoms with E-state index in [1.54, 1.807) is 0 Å². The van der Waals surface area contributed by atoms with Gasteiger partial charge in [0.1, 0.15) is 0 Å². The van der Waals surface area contributed by atoms with E-state index in [0.717, 1.165) is 50.0 Å². The molecule has 0 bridgehead atoms. The van der Waals surface area contributed by atoms with Gasteiger partial charge in [-0.2, -0.15) is 0 Å². The van der Waals surface area contributed by atoms with Crippen LogP contribution >= 0.6 is 0 Å². The van der Waals surface area contributed by atoms with Crippen LogP contribution in [0.25, 0.3) is 0 Å². The molecule has 2 spiro atoms. The van der Waals surface area contributed by atoms with E-state index in [1.807, 2.05) is 29.2 Å². The number of piperidine rings is 1. The summed E-state index contributed by atoms with van der Waals surface area (Å²) in [4.78, 5) is 17.5. The second-order valence-corrected chi connectivity index (χ2v) is 7.64. The first-order valence-corrected chi connectivity index (χ1v) is 9.92. The summed E-state index contributed by atoms with van der Waals surface area (Å²) >= 11 is 0. The molecule has 0 radical (unpaired) electrons. The predicted molar refractivity (Wildman–Crippen MR) is 97.1 cm³/mol. The molecule has 3 fully saturated rings. The number of ether oxygens (including phenoxy) is 4. The molecule has 1 amide bonds. The molecule has 1 aromatic rings. The van der Waals surface area contributed by atoms with Gasteiger partial charge in [-0.3, -0.25) is 14.6 Å². The number of fused-ring (bicyclic) bond motifs is 2. The second kappa shape index (κ2) is 6.83. The molecule has 27 heavy (non-hydrogen) atoms. The maximum absolute atomic E-state index is 13.4. The summed E-state index contributed by atoms with van der Waals surface area (Å²) in [6.45, 7) is 4.62. The Hall–Kier alpha value is -1.51. The van der Waals surface area contributed by atoms with Crippen LogP contribution in [0.5, 0.6) is 0 Å². The highest BCUT2D eigenvalue weighted by molar-refractivity contribution is 6.06. The van der Waals surface area contributed by atoms with Crippen molar-refractivity contribution in [3.63, 3.8) is 0 Å². The normalized spacial score (nSPS) is 27.3. The molecule has 5 rings (SSSR count). The Balaban J connectivity index is 1.36. The largest absolute Gasteiger partial charge is 0.347 e. The van der Waals surface area contributed by atoms with Gasteiger partial charge in [-0.1, -0.05) is 18.2 Å². The van der Waals surface area contributed by atoms with Crippen molar-refractivity contribution in [1.82, 2.24) is 4.90 Å². The minimum absolute atomic E-state index is 0.112. The molecule has 7 heteroatoms. The second-order valence-electron chi connectivity index (χ2n) is 7.64. The molecule has 3 saturated heterocycles. The van der Waals surface area contributed by atoms with Gasteiger partial charge in [0, 0.05) is 31.5 Å². The highest BCUT2D eigenvalue weighted by Crippen LogP contribution is 2.45. The minimum atomic E-state index is -1.28. The van der Waals surface area contributed by atoms with Crippen molar-refractivity contribution >= 4 is 11.6 Å². The van der Waals surface area contributed by atoms with Crippen molar-refractivity contribution < 1.29 is 23.7 Å². The molecule has 4 aliphatic rings. The third-order valence-electron chi connectivity index (χ3n) is 6.00. The summed E-state index contributed by atoms with van der Waals surface area (Å²) in [6, 6.07) is 7.83. The van der Waals surface area contributed by atoms with Crippen LogP contribution < -0.4 is 4.90 Å². The summed E-state index contributed by atoms with van der Waals surface area (Å²) in [5, 5.41) is 0. The molecule has 7 nitrogen and oxygen atoms in total. The van der Waals surface area contributed by atoms with Crippen LogP contribution in [-0.2, 0) is 29.5 Å². The topological polar surface area (TPSA) is 60.5 Å².